The van der Waals surface area contributed by atoms with E-state index in [1.165, 1.54) is 11.1 Å². The van der Waals surface area contributed by atoms with E-state index < -0.39 is 0 Å². The minimum Gasteiger partial charge on any atom is -0.356 e. The summed E-state index contributed by atoms with van der Waals surface area (Å²) in [6, 6.07) is 24.2. The van der Waals surface area contributed by atoms with Crippen molar-refractivity contribution in [2.24, 2.45) is 0 Å². The van der Waals surface area contributed by atoms with Crippen molar-refractivity contribution in [3.05, 3.63) is 100 Å². The summed E-state index contributed by atoms with van der Waals surface area (Å²) in [6.45, 7) is 3.54. The molecule has 4 aromatic rings. The standard InChI is InChI=1S/C26H26ClN3O/c1-19-9-2-3-11-21(19)18-30-24-14-7-6-13-23(24)29-25(30)15-8-16-28-26(31)17-20-10-4-5-12-22(20)27/h2-7,9-14H,8,15-18H2,1H3,(H,28,31). The van der Waals surface area contributed by atoms with E-state index in [-0.39, 0.29) is 5.91 Å². The van der Waals surface area contributed by atoms with Crippen molar-refractivity contribution in [2.75, 3.05) is 6.54 Å². The molecule has 1 amide bonds. The van der Waals surface area contributed by atoms with E-state index in [2.05, 4.69) is 59.3 Å². The number of aromatic nitrogens is 2. The van der Waals surface area contributed by atoms with Gasteiger partial charge in [-0.05, 0) is 48.2 Å². The molecule has 0 bridgehead atoms. The average Bonchev–Trinajstić information content (AvgIpc) is 3.12. The summed E-state index contributed by atoms with van der Waals surface area (Å²) in [6.07, 6.45) is 1.92. The van der Waals surface area contributed by atoms with Crippen LogP contribution in [-0.2, 0) is 24.2 Å². The van der Waals surface area contributed by atoms with Crippen LogP contribution in [-0.4, -0.2) is 22.0 Å². The lowest BCUT2D eigenvalue weighted by atomic mass is 10.1. The lowest BCUT2D eigenvalue weighted by Gasteiger charge is -2.12. The van der Waals surface area contributed by atoms with E-state index in [1.807, 2.05) is 30.3 Å². The normalized spacial score (nSPS) is 11.0. The number of amides is 1. The Morgan fingerprint density at radius 1 is 0.968 bits per heavy atom. The Labute approximate surface area is 187 Å². The highest BCUT2D eigenvalue weighted by Gasteiger charge is 2.12. The van der Waals surface area contributed by atoms with Crippen LogP contribution in [0.1, 0.15) is 28.9 Å². The topological polar surface area (TPSA) is 46.9 Å². The minimum absolute atomic E-state index is 0.0125. The first kappa shape index (κ1) is 21.1. The van der Waals surface area contributed by atoms with Crippen molar-refractivity contribution < 1.29 is 4.79 Å². The zero-order chi connectivity index (χ0) is 21.6. The molecular formula is C26H26ClN3O. The Balaban J connectivity index is 1.41. The van der Waals surface area contributed by atoms with Gasteiger partial charge in [0.2, 0.25) is 5.91 Å². The van der Waals surface area contributed by atoms with E-state index >= 15 is 0 Å². The van der Waals surface area contributed by atoms with Crippen LogP contribution in [0.25, 0.3) is 11.0 Å². The number of fused-ring (bicyclic) bond motifs is 1. The zero-order valence-corrected chi connectivity index (χ0v) is 18.4. The Kier molecular flexibility index (Phi) is 6.68. The van der Waals surface area contributed by atoms with Crippen LogP contribution in [0.2, 0.25) is 5.02 Å². The molecule has 0 aliphatic heterocycles. The van der Waals surface area contributed by atoms with E-state index in [4.69, 9.17) is 16.6 Å². The number of rotatable bonds is 8. The monoisotopic (exact) mass is 431 g/mol. The van der Waals surface area contributed by atoms with Crippen molar-refractivity contribution in [3.63, 3.8) is 0 Å². The number of aryl methyl sites for hydroxylation is 2. The van der Waals surface area contributed by atoms with Crippen molar-refractivity contribution in [1.29, 1.82) is 0 Å². The van der Waals surface area contributed by atoms with Crippen molar-refractivity contribution in [2.45, 2.75) is 32.7 Å². The summed E-state index contributed by atoms with van der Waals surface area (Å²) in [7, 11) is 0. The molecular weight excluding hydrogens is 406 g/mol. The first-order valence-electron chi connectivity index (χ1n) is 10.6. The molecule has 4 rings (SSSR count). The molecule has 158 valence electrons. The third-order valence-electron chi connectivity index (χ3n) is 5.53. The molecule has 3 aromatic carbocycles. The number of halogens is 1. The van der Waals surface area contributed by atoms with E-state index in [9.17, 15) is 4.79 Å². The maximum absolute atomic E-state index is 12.3. The third kappa shape index (κ3) is 5.15. The maximum Gasteiger partial charge on any atom is 0.224 e. The van der Waals surface area contributed by atoms with Crippen molar-refractivity contribution in [3.8, 4) is 0 Å². The molecule has 1 aromatic heterocycles. The fourth-order valence-corrected chi connectivity index (χ4v) is 4.00. The van der Waals surface area contributed by atoms with Crippen LogP contribution < -0.4 is 5.32 Å². The second-order valence-electron chi connectivity index (χ2n) is 7.75. The van der Waals surface area contributed by atoms with Gasteiger partial charge in [0.25, 0.3) is 0 Å². The van der Waals surface area contributed by atoms with Gasteiger partial charge in [-0.3, -0.25) is 4.79 Å². The summed E-state index contributed by atoms with van der Waals surface area (Å²) in [5.74, 6) is 1.03. The number of nitrogens with one attached hydrogen (secondary N) is 1. The van der Waals surface area contributed by atoms with Gasteiger partial charge in [0, 0.05) is 24.5 Å². The van der Waals surface area contributed by atoms with Crippen LogP contribution in [0.15, 0.2) is 72.8 Å². The van der Waals surface area contributed by atoms with Crippen LogP contribution in [0.5, 0.6) is 0 Å². The summed E-state index contributed by atoms with van der Waals surface area (Å²) in [5, 5.41) is 3.63. The second-order valence-corrected chi connectivity index (χ2v) is 8.16. The molecule has 0 aliphatic rings. The molecule has 31 heavy (non-hydrogen) atoms. The maximum atomic E-state index is 12.3. The molecule has 0 radical (unpaired) electrons. The van der Waals surface area contributed by atoms with Crippen molar-refractivity contribution >= 4 is 28.5 Å². The molecule has 0 fully saturated rings. The Morgan fingerprint density at radius 2 is 1.68 bits per heavy atom. The summed E-state index contributed by atoms with van der Waals surface area (Å²) < 4.78 is 2.29. The molecule has 0 unspecified atom stereocenters. The Hall–Kier alpha value is -3.11. The summed E-state index contributed by atoms with van der Waals surface area (Å²) >= 11 is 6.15. The van der Waals surface area contributed by atoms with Crippen LogP contribution in [0, 0.1) is 6.92 Å². The molecule has 0 atom stereocenters. The van der Waals surface area contributed by atoms with Gasteiger partial charge in [-0.15, -0.1) is 0 Å². The molecule has 1 N–H and O–H groups in total. The predicted molar refractivity (Wildman–Crippen MR) is 127 cm³/mol. The summed E-state index contributed by atoms with van der Waals surface area (Å²) in [5.41, 5.74) is 5.57. The van der Waals surface area contributed by atoms with Crippen molar-refractivity contribution in [1.82, 2.24) is 14.9 Å². The average molecular weight is 432 g/mol. The number of imidazole rings is 1. The van der Waals surface area contributed by atoms with Gasteiger partial charge in [-0.2, -0.15) is 0 Å². The second kappa shape index (κ2) is 9.80. The molecule has 0 saturated carbocycles. The Bertz CT molecular complexity index is 1200. The van der Waals surface area contributed by atoms with Gasteiger partial charge in [-0.1, -0.05) is 66.2 Å². The fraction of sp³-hybridized carbons (Fsp3) is 0.231. The lowest BCUT2D eigenvalue weighted by Crippen LogP contribution is -2.26. The van der Waals surface area contributed by atoms with Gasteiger partial charge < -0.3 is 9.88 Å². The minimum atomic E-state index is -0.0125. The van der Waals surface area contributed by atoms with Gasteiger partial charge >= 0.3 is 0 Å². The highest BCUT2D eigenvalue weighted by molar-refractivity contribution is 6.31. The number of benzene rings is 3. The van der Waals surface area contributed by atoms with E-state index in [0.717, 1.165) is 41.8 Å². The SMILES string of the molecule is Cc1ccccc1Cn1c(CCCNC(=O)Cc2ccccc2Cl)nc2ccccc21. The number of carbonyl (C=O) groups is 1. The quantitative estimate of drug-likeness (QED) is 0.383. The third-order valence-corrected chi connectivity index (χ3v) is 5.90. The predicted octanol–water partition coefficient (Wildman–Crippen LogP) is 5.34. The number of nitrogens with zero attached hydrogens (tertiary/aromatic N) is 2. The molecule has 0 saturated heterocycles. The van der Waals surface area contributed by atoms with Gasteiger partial charge in [0.15, 0.2) is 0 Å². The molecule has 0 aliphatic carbocycles. The van der Waals surface area contributed by atoms with Crippen LogP contribution >= 0.6 is 11.6 Å². The zero-order valence-electron chi connectivity index (χ0n) is 17.6. The highest BCUT2D eigenvalue weighted by Crippen LogP contribution is 2.20. The molecule has 0 spiro atoms. The first-order valence-corrected chi connectivity index (χ1v) is 11.0. The van der Waals surface area contributed by atoms with Gasteiger partial charge in [0.05, 0.1) is 17.5 Å². The van der Waals surface area contributed by atoms with E-state index in [1.54, 1.807) is 0 Å². The van der Waals surface area contributed by atoms with Gasteiger partial charge in [-0.25, -0.2) is 4.98 Å². The Morgan fingerprint density at radius 3 is 2.48 bits per heavy atom. The van der Waals surface area contributed by atoms with Crippen LogP contribution in [0.4, 0.5) is 0 Å². The van der Waals surface area contributed by atoms with Crippen LogP contribution in [0.3, 0.4) is 0 Å². The summed E-state index contributed by atoms with van der Waals surface area (Å²) in [4.78, 5) is 17.1. The molecule has 5 heteroatoms. The number of hydrogen-bond donors (Lipinski definition) is 1. The van der Waals surface area contributed by atoms with Gasteiger partial charge in [0.1, 0.15) is 5.82 Å². The largest absolute Gasteiger partial charge is 0.356 e. The first-order chi connectivity index (χ1) is 15.1. The lowest BCUT2D eigenvalue weighted by molar-refractivity contribution is -0.120. The smallest absolute Gasteiger partial charge is 0.224 e. The fourth-order valence-electron chi connectivity index (χ4n) is 3.80. The number of para-hydroxylation sites is 2. The number of carbonyl (C=O) groups excluding carboxylic acids is 1. The number of hydrogen-bond acceptors (Lipinski definition) is 2. The molecule has 4 nitrogen and oxygen atoms in total. The molecule has 1 heterocycles. The highest BCUT2D eigenvalue weighted by atomic mass is 35.5. The van der Waals surface area contributed by atoms with E-state index in [0.29, 0.717) is 18.0 Å².